The molecular formula is C53H86O9. The van der Waals surface area contributed by atoms with Crippen molar-refractivity contribution in [2.45, 2.75) is 192 Å². The van der Waals surface area contributed by atoms with E-state index >= 15 is 0 Å². The first-order chi connectivity index (χ1) is 30.4. The Morgan fingerprint density at radius 2 is 0.935 bits per heavy atom. The molecule has 9 nitrogen and oxygen atoms in total. The normalized spacial score (nSPS) is 20.8. The van der Waals surface area contributed by atoms with Crippen LogP contribution in [0.5, 0.6) is 0 Å². The number of rotatable bonds is 39. The minimum absolute atomic E-state index is 0.114. The maximum Gasteiger partial charge on any atom is 0.306 e. The summed E-state index contributed by atoms with van der Waals surface area (Å²) in [6.45, 7) is 4.24. The van der Waals surface area contributed by atoms with E-state index in [2.05, 4.69) is 123 Å². The number of carbonyl (C=O) groups excluding carboxylic acids is 1. The monoisotopic (exact) mass is 867 g/mol. The number of esters is 1. The van der Waals surface area contributed by atoms with E-state index in [0.29, 0.717) is 13.0 Å². The van der Waals surface area contributed by atoms with Gasteiger partial charge in [-0.2, -0.15) is 0 Å². The fourth-order valence-corrected chi connectivity index (χ4v) is 6.51. The van der Waals surface area contributed by atoms with Crippen LogP contribution in [0.1, 0.15) is 155 Å². The highest BCUT2D eigenvalue weighted by Crippen LogP contribution is 2.22. The molecule has 1 aliphatic heterocycles. The quantitative estimate of drug-likeness (QED) is 0.0271. The molecule has 6 atom stereocenters. The molecule has 9 heteroatoms. The fourth-order valence-electron chi connectivity index (χ4n) is 6.51. The lowest BCUT2D eigenvalue weighted by Gasteiger charge is -2.39. The van der Waals surface area contributed by atoms with Crippen LogP contribution in [-0.2, 0) is 23.7 Å². The number of carbonyl (C=O) groups is 1. The third-order valence-electron chi connectivity index (χ3n) is 10.2. The minimum atomic E-state index is -1.55. The molecule has 4 N–H and O–H groups in total. The van der Waals surface area contributed by atoms with Crippen LogP contribution in [0.3, 0.4) is 0 Å². The van der Waals surface area contributed by atoms with Gasteiger partial charge in [0.2, 0.25) is 0 Å². The number of ether oxygens (including phenoxy) is 4. The van der Waals surface area contributed by atoms with E-state index in [9.17, 15) is 25.2 Å². The summed E-state index contributed by atoms with van der Waals surface area (Å²) in [5.74, 6) is -0.363. The van der Waals surface area contributed by atoms with E-state index in [-0.39, 0.29) is 25.6 Å². The van der Waals surface area contributed by atoms with Gasteiger partial charge in [0.05, 0.1) is 19.8 Å². The molecule has 0 bridgehead atoms. The molecule has 0 aromatic heterocycles. The van der Waals surface area contributed by atoms with Gasteiger partial charge in [-0.05, 0) is 96.3 Å². The van der Waals surface area contributed by atoms with Gasteiger partial charge in [0.15, 0.2) is 6.29 Å². The van der Waals surface area contributed by atoms with Crippen LogP contribution < -0.4 is 0 Å². The molecule has 1 aliphatic rings. The van der Waals surface area contributed by atoms with Gasteiger partial charge in [0.1, 0.15) is 30.5 Å². The summed E-state index contributed by atoms with van der Waals surface area (Å²) in [7, 11) is 0. The molecule has 0 radical (unpaired) electrons. The van der Waals surface area contributed by atoms with Gasteiger partial charge >= 0.3 is 5.97 Å². The van der Waals surface area contributed by atoms with E-state index in [0.717, 1.165) is 96.3 Å². The number of allylic oxidation sites excluding steroid dienone is 18. The van der Waals surface area contributed by atoms with Crippen molar-refractivity contribution in [2.75, 3.05) is 26.4 Å². The fraction of sp³-hybridized carbons (Fsp3) is 0.642. The van der Waals surface area contributed by atoms with E-state index in [1.54, 1.807) is 0 Å². The Balaban J connectivity index is 2.30. The van der Waals surface area contributed by atoms with Crippen molar-refractivity contribution >= 4 is 5.97 Å². The van der Waals surface area contributed by atoms with Crippen LogP contribution in [0.15, 0.2) is 109 Å². The molecule has 0 amide bonds. The van der Waals surface area contributed by atoms with Crippen LogP contribution in [-0.4, -0.2) is 89.6 Å². The van der Waals surface area contributed by atoms with Crippen molar-refractivity contribution in [3.05, 3.63) is 109 Å². The standard InChI is InChI=1S/C53H86O9/c1-3-5-7-9-11-13-15-17-19-21-23-24-25-26-28-30-32-34-36-38-40-42-49(55)61-47(46-60-53-52(58)51(57)50(56)48(44-54)62-53)45-59-43-41-39-37-35-33-31-29-27-22-20-18-16-14-12-10-8-6-4-2/h5-8,11-14,17-20,23-24,26,28,32,34,47-48,50-54,56-58H,3-4,9-10,15-16,21-22,25,27,29-31,33,35-46H2,1-2H3/b7-5-,8-6-,13-11-,14-12-,19-17-,20-18-,24-23-,28-26-,34-32-. The van der Waals surface area contributed by atoms with Crippen molar-refractivity contribution < 1.29 is 44.2 Å². The molecule has 1 rings (SSSR count). The Morgan fingerprint density at radius 1 is 0.516 bits per heavy atom. The average Bonchev–Trinajstić information content (AvgIpc) is 3.27. The lowest BCUT2D eigenvalue weighted by atomic mass is 9.99. The van der Waals surface area contributed by atoms with Crippen molar-refractivity contribution in [2.24, 2.45) is 0 Å². The first-order valence-electron chi connectivity index (χ1n) is 24.0. The highest BCUT2D eigenvalue weighted by Gasteiger charge is 2.44. The first-order valence-corrected chi connectivity index (χ1v) is 24.0. The molecule has 0 spiro atoms. The minimum Gasteiger partial charge on any atom is -0.457 e. The number of hydrogen-bond donors (Lipinski definition) is 4. The summed E-state index contributed by atoms with van der Waals surface area (Å²) in [4.78, 5) is 12.8. The predicted octanol–water partition coefficient (Wildman–Crippen LogP) is 11.4. The van der Waals surface area contributed by atoms with Crippen molar-refractivity contribution in [3.8, 4) is 0 Å². The molecule has 1 saturated heterocycles. The van der Waals surface area contributed by atoms with Crippen LogP contribution in [0.25, 0.3) is 0 Å². The smallest absolute Gasteiger partial charge is 0.306 e. The number of unbranched alkanes of at least 4 members (excludes halogenated alkanes) is 10. The Bertz CT molecular complexity index is 1310. The molecule has 0 aliphatic carbocycles. The topological polar surface area (TPSA) is 135 Å². The third-order valence-corrected chi connectivity index (χ3v) is 10.2. The molecule has 0 aromatic carbocycles. The van der Waals surface area contributed by atoms with Crippen LogP contribution in [0, 0.1) is 0 Å². The zero-order chi connectivity index (χ0) is 45.0. The van der Waals surface area contributed by atoms with Crippen molar-refractivity contribution in [1.82, 2.24) is 0 Å². The lowest BCUT2D eigenvalue weighted by molar-refractivity contribution is -0.305. The van der Waals surface area contributed by atoms with Gasteiger partial charge in [-0.15, -0.1) is 0 Å². The molecule has 1 fully saturated rings. The van der Waals surface area contributed by atoms with Crippen molar-refractivity contribution in [3.63, 3.8) is 0 Å². The molecule has 1 heterocycles. The largest absolute Gasteiger partial charge is 0.457 e. The van der Waals surface area contributed by atoms with Crippen LogP contribution >= 0.6 is 0 Å². The zero-order valence-corrected chi connectivity index (χ0v) is 38.6. The Kier molecular flexibility index (Phi) is 39.5. The first kappa shape index (κ1) is 56.9. The third kappa shape index (κ3) is 33.4. The highest BCUT2D eigenvalue weighted by molar-refractivity contribution is 5.69. The average molecular weight is 867 g/mol. The van der Waals surface area contributed by atoms with E-state index in [1.807, 2.05) is 0 Å². The SMILES string of the molecule is CC/C=C\C/C=C\C/C=C\C/C=C\C/C=C\C/C=C\CCCCC(=O)OC(COCCCCCCCCCC/C=C\C/C=C\C/C=C\CC)COC1OC(CO)C(O)C(O)C1O. The maximum atomic E-state index is 12.8. The molecule has 352 valence electrons. The number of hydrogen-bond acceptors (Lipinski definition) is 9. The van der Waals surface area contributed by atoms with Crippen LogP contribution in [0.2, 0.25) is 0 Å². The molecule has 6 unspecified atom stereocenters. The molecule has 0 aromatic rings. The van der Waals surface area contributed by atoms with E-state index < -0.39 is 43.4 Å². The summed E-state index contributed by atoms with van der Waals surface area (Å²) >= 11 is 0. The number of aliphatic hydroxyl groups excluding tert-OH is 4. The Hall–Kier alpha value is -3.15. The second-order valence-corrected chi connectivity index (χ2v) is 15.8. The van der Waals surface area contributed by atoms with Gasteiger partial charge in [0.25, 0.3) is 0 Å². The van der Waals surface area contributed by atoms with Gasteiger partial charge in [-0.3, -0.25) is 4.79 Å². The van der Waals surface area contributed by atoms with Crippen LogP contribution in [0.4, 0.5) is 0 Å². The maximum absolute atomic E-state index is 12.8. The molecular weight excluding hydrogens is 781 g/mol. The van der Waals surface area contributed by atoms with Gasteiger partial charge < -0.3 is 39.4 Å². The van der Waals surface area contributed by atoms with Gasteiger partial charge in [-0.1, -0.05) is 162 Å². The van der Waals surface area contributed by atoms with Gasteiger partial charge in [-0.25, -0.2) is 0 Å². The second-order valence-electron chi connectivity index (χ2n) is 15.8. The number of aliphatic hydroxyl groups is 4. The summed E-state index contributed by atoms with van der Waals surface area (Å²) in [5.41, 5.74) is 0. The molecule has 0 saturated carbocycles. The zero-order valence-electron chi connectivity index (χ0n) is 38.6. The summed E-state index contributed by atoms with van der Waals surface area (Å²) in [5, 5.41) is 40.2. The molecule has 62 heavy (non-hydrogen) atoms. The summed E-state index contributed by atoms with van der Waals surface area (Å²) in [6, 6.07) is 0. The Morgan fingerprint density at radius 3 is 1.40 bits per heavy atom. The summed E-state index contributed by atoms with van der Waals surface area (Å²) < 4.78 is 22.8. The lowest BCUT2D eigenvalue weighted by Crippen LogP contribution is -2.59. The van der Waals surface area contributed by atoms with E-state index in [4.69, 9.17) is 18.9 Å². The second kappa shape index (κ2) is 43.1. The Labute approximate surface area is 376 Å². The van der Waals surface area contributed by atoms with Gasteiger partial charge in [0, 0.05) is 13.0 Å². The summed E-state index contributed by atoms with van der Waals surface area (Å²) in [6.07, 6.45) is 54.0. The van der Waals surface area contributed by atoms with Crippen molar-refractivity contribution in [1.29, 1.82) is 0 Å². The van der Waals surface area contributed by atoms with E-state index in [1.165, 1.54) is 32.1 Å². The highest BCUT2D eigenvalue weighted by atomic mass is 16.7. The predicted molar refractivity (Wildman–Crippen MR) is 256 cm³/mol.